The lowest BCUT2D eigenvalue weighted by atomic mass is 9.84. The molecule has 4 nitrogen and oxygen atoms in total. The molecular weight excluding hydrogens is 320 g/mol. The van der Waals surface area contributed by atoms with Crippen molar-refractivity contribution in [2.45, 2.75) is 31.7 Å². The summed E-state index contributed by atoms with van der Waals surface area (Å²) in [4.78, 5) is 12.0. The summed E-state index contributed by atoms with van der Waals surface area (Å²) in [7, 11) is 0. The average Bonchev–Trinajstić information content (AvgIpc) is 2.76. The van der Waals surface area contributed by atoms with Gasteiger partial charge in [-0.15, -0.1) is 12.4 Å². The number of rotatable bonds is 3. The summed E-state index contributed by atoms with van der Waals surface area (Å²) in [5, 5.41) is 3.02. The summed E-state index contributed by atoms with van der Waals surface area (Å²) >= 11 is 3.28. The minimum atomic E-state index is -0.160. The molecule has 0 bridgehead atoms. The lowest BCUT2D eigenvalue weighted by molar-refractivity contribution is 0.0878. The molecule has 1 heterocycles. The molecule has 18 heavy (non-hydrogen) atoms. The monoisotopic (exact) mass is 336 g/mol. The molecule has 0 aliphatic heterocycles. The van der Waals surface area contributed by atoms with Crippen LogP contribution in [-0.2, 0) is 0 Å². The summed E-state index contributed by atoms with van der Waals surface area (Å²) in [6.45, 7) is 0.629. The molecule has 0 radical (unpaired) electrons. The number of hydrogen-bond donors (Lipinski definition) is 2. The highest BCUT2D eigenvalue weighted by atomic mass is 79.9. The Hall–Kier alpha value is -0.520. The van der Waals surface area contributed by atoms with Gasteiger partial charge >= 0.3 is 0 Å². The second-order valence-electron chi connectivity index (χ2n) is 4.46. The van der Waals surface area contributed by atoms with Crippen LogP contribution < -0.4 is 11.1 Å². The van der Waals surface area contributed by atoms with E-state index in [4.69, 9.17) is 10.2 Å². The quantitative estimate of drug-likeness (QED) is 0.891. The maximum Gasteiger partial charge on any atom is 0.288 e. The van der Waals surface area contributed by atoms with Crippen LogP contribution in [0.5, 0.6) is 0 Å². The average molecular weight is 338 g/mol. The molecule has 0 aromatic carbocycles. The highest BCUT2D eigenvalue weighted by Crippen LogP contribution is 2.24. The number of hydrogen-bond acceptors (Lipinski definition) is 3. The van der Waals surface area contributed by atoms with Gasteiger partial charge in [0.25, 0.3) is 5.91 Å². The first-order valence-electron chi connectivity index (χ1n) is 5.96. The van der Waals surface area contributed by atoms with Crippen molar-refractivity contribution in [3.63, 3.8) is 0 Å². The molecule has 1 aliphatic rings. The van der Waals surface area contributed by atoms with Crippen molar-refractivity contribution in [3.8, 4) is 0 Å². The van der Waals surface area contributed by atoms with Gasteiger partial charge in [-0.1, -0.05) is 12.8 Å². The Morgan fingerprint density at radius 2 is 2.22 bits per heavy atom. The van der Waals surface area contributed by atoms with Crippen LogP contribution >= 0.6 is 28.3 Å². The summed E-state index contributed by atoms with van der Waals surface area (Å²) in [5.41, 5.74) is 5.73. The van der Waals surface area contributed by atoms with Gasteiger partial charge in [-0.25, -0.2) is 0 Å². The van der Waals surface area contributed by atoms with E-state index in [1.807, 2.05) is 0 Å². The third kappa shape index (κ3) is 3.49. The smallest absolute Gasteiger partial charge is 0.288 e. The number of nitrogens with two attached hydrogens (primary N) is 1. The Morgan fingerprint density at radius 1 is 1.50 bits per heavy atom. The van der Waals surface area contributed by atoms with Gasteiger partial charge in [-0.05, 0) is 47.3 Å². The molecule has 102 valence electrons. The maximum absolute atomic E-state index is 12.0. The van der Waals surface area contributed by atoms with E-state index in [1.54, 1.807) is 6.07 Å². The van der Waals surface area contributed by atoms with Gasteiger partial charge in [0.15, 0.2) is 0 Å². The van der Waals surface area contributed by atoms with Gasteiger partial charge in [-0.3, -0.25) is 4.79 Å². The molecule has 0 spiro atoms. The lowest BCUT2D eigenvalue weighted by Crippen LogP contribution is -2.44. The molecule has 1 fully saturated rings. The van der Waals surface area contributed by atoms with E-state index in [-0.39, 0.29) is 24.4 Å². The second-order valence-corrected chi connectivity index (χ2v) is 5.31. The Labute approximate surface area is 121 Å². The number of carbonyl (C=O) groups excluding carboxylic acids is 1. The van der Waals surface area contributed by atoms with E-state index in [0.29, 0.717) is 22.7 Å². The fourth-order valence-corrected chi connectivity index (χ4v) is 2.75. The summed E-state index contributed by atoms with van der Waals surface area (Å²) < 4.78 is 5.84. The SMILES string of the molecule is Cl.NCC1CCCCC1NC(=O)c1occc1Br. The molecule has 2 rings (SSSR count). The molecule has 1 saturated carbocycles. The van der Waals surface area contributed by atoms with Crippen LogP contribution in [0.1, 0.15) is 36.2 Å². The van der Waals surface area contributed by atoms with Crippen LogP contribution in [0.2, 0.25) is 0 Å². The second kappa shape index (κ2) is 7.16. The normalized spacial score (nSPS) is 23.2. The summed E-state index contributed by atoms with van der Waals surface area (Å²) in [6, 6.07) is 1.90. The Balaban J connectivity index is 0.00000162. The van der Waals surface area contributed by atoms with Crippen molar-refractivity contribution in [2.24, 2.45) is 11.7 Å². The topological polar surface area (TPSA) is 68.3 Å². The molecule has 2 unspecified atom stereocenters. The van der Waals surface area contributed by atoms with Crippen LogP contribution in [0, 0.1) is 5.92 Å². The fourth-order valence-electron chi connectivity index (χ4n) is 2.37. The highest BCUT2D eigenvalue weighted by molar-refractivity contribution is 9.10. The zero-order chi connectivity index (χ0) is 12.3. The van der Waals surface area contributed by atoms with Crippen LogP contribution in [-0.4, -0.2) is 18.5 Å². The Kier molecular flexibility index (Phi) is 6.18. The van der Waals surface area contributed by atoms with E-state index >= 15 is 0 Å². The first-order valence-corrected chi connectivity index (χ1v) is 6.75. The van der Waals surface area contributed by atoms with Gasteiger partial charge in [0.05, 0.1) is 10.7 Å². The van der Waals surface area contributed by atoms with Crippen molar-refractivity contribution in [1.82, 2.24) is 5.32 Å². The van der Waals surface area contributed by atoms with Gasteiger partial charge in [-0.2, -0.15) is 0 Å². The Morgan fingerprint density at radius 3 is 2.83 bits per heavy atom. The number of halogens is 2. The number of carbonyl (C=O) groups is 1. The predicted octanol–water partition coefficient (Wildman–Crippen LogP) is 2.71. The van der Waals surface area contributed by atoms with Crippen LogP contribution in [0.3, 0.4) is 0 Å². The molecule has 1 aliphatic carbocycles. The largest absolute Gasteiger partial charge is 0.458 e. The van der Waals surface area contributed by atoms with Gasteiger partial charge in [0.1, 0.15) is 0 Å². The van der Waals surface area contributed by atoms with Gasteiger partial charge < -0.3 is 15.5 Å². The minimum absolute atomic E-state index is 0. The minimum Gasteiger partial charge on any atom is -0.458 e. The lowest BCUT2D eigenvalue weighted by Gasteiger charge is -2.31. The molecular formula is C12H18BrClN2O2. The molecule has 1 aromatic rings. The van der Waals surface area contributed by atoms with Crippen molar-refractivity contribution in [3.05, 3.63) is 22.6 Å². The Bertz CT molecular complexity index is 397. The molecule has 0 saturated heterocycles. The highest BCUT2D eigenvalue weighted by Gasteiger charge is 2.27. The third-order valence-electron chi connectivity index (χ3n) is 3.35. The predicted molar refractivity (Wildman–Crippen MR) is 75.9 cm³/mol. The molecule has 1 aromatic heterocycles. The number of furan rings is 1. The van der Waals surface area contributed by atoms with Crippen molar-refractivity contribution >= 4 is 34.2 Å². The molecule has 1 amide bonds. The fraction of sp³-hybridized carbons (Fsp3) is 0.583. The van der Waals surface area contributed by atoms with E-state index in [2.05, 4.69) is 21.2 Å². The van der Waals surface area contributed by atoms with Crippen LogP contribution in [0.25, 0.3) is 0 Å². The zero-order valence-electron chi connectivity index (χ0n) is 10.0. The molecule has 6 heteroatoms. The first kappa shape index (κ1) is 15.5. The van der Waals surface area contributed by atoms with E-state index in [9.17, 15) is 4.79 Å². The summed E-state index contributed by atoms with van der Waals surface area (Å²) in [6.07, 6.45) is 5.96. The van der Waals surface area contributed by atoms with Crippen molar-refractivity contribution in [2.75, 3.05) is 6.54 Å². The van der Waals surface area contributed by atoms with Gasteiger partial charge in [0, 0.05) is 6.04 Å². The van der Waals surface area contributed by atoms with E-state index < -0.39 is 0 Å². The number of amides is 1. The van der Waals surface area contributed by atoms with E-state index in [1.165, 1.54) is 12.7 Å². The molecule has 3 N–H and O–H groups in total. The van der Waals surface area contributed by atoms with Crippen molar-refractivity contribution < 1.29 is 9.21 Å². The van der Waals surface area contributed by atoms with Crippen LogP contribution in [0.15, 0.2) is 21.2 Å². The zero-order valence-corrected chi connectivity index (χ0v) is 12.4. The first-order chi connectivity index (χ1) is 8.22. The summed E-state index contributed by atoms with van der Waals surface area (Å²) in [5.74, 6) is 0.569. The third-order valence-corrected chi connectivity index (χ3v) is 3.98. The molecule has 2 atom stereocenters. The van der Waals surface area contributed by atoms with Crippen molar-refractivity contribution in [1.29, 1.82) is 0 Å². The van der Waals surface area contributed by atoms with E-state index in [0.717, 1.165) is 19.3 Å². The number of nitrogens with one attached hydrogen (secondary N) is 1. The van der Waals surface area contributed by atoms with Crippen LogP contribution in [0.4, 0.5) is 0 Å². The van der Waals surface area contributed by atoms with Gasteiger partial charge in [0.2, 0.25) is 5.76 Å². The maximum atomic E-state index is 12.0. The standard InChI is InChI=1S/C12H17BrN2O2.ClH/c13-9-5-6-17-11(9)12(16)15-10-4-2-1-3-8(10)7-14;/h5-6,8,10H,1-4,7,14H2,(H,15,16);1H.